The van der Waals surface area contributed by atoms with Crippen molar-refractivity contribution in [1.82, 2.24) is 5.32 Å². The van der Waals surface area contributed by atoms with E-state index in [1.54, 1.807) is 6.92 Å². The molecule has 1 aliphatic rings. The lowest BCUT2D eigenvalue weighted by Gasteiger charge is -2.09. The summed E-state index contributed by atoms with van der Waals surface area (Å²) < 4.78 is 4.51. The van der Waals surface area contributed by atoms with E-state index in [-0.39, 0.29) is 5.91 Å². The number of hydrogen-bond donors (Lipinski definition) is 2. The number of unbranched alkanes of at least 4 members (excludes halogenated alkanes) is 1. The summed E-state index contributed by atoms with van der Waals surface area (Å²) in [5, 5.41) is 9.95. The van der Waals surface area contributed by atoms with E-state index in [0.29, 0.717) is 19.4 Å². The maximum Gasteiger partial charge on any atom is 0.294 e. The monoisotopic (exact) mass is 228 g/mol. The molecule has 1 amide bonds. The molecule has 0 bridgehead atoms. The van der Waals surface area contributed by atoms with Gasteiger partial charge in [-0.1, -0.05) is 0 Å². The van der Waals surface area contributed by atoms with Gasteiger partial charge >= 0.3 is 0 Å². The maximum absolute atomic E-state index is 11.3. The Morgan fingerprint density at radius 3 is 2.81 bits per heavy atom. The number of ether oxygens (including phenoxy) is 1. The van der Waals surface area contributed by atoms with E-state index in [2.05, 4.69) is 20.3 Å². The van der Waals surface area contributed by atoms with E-state index in [4.69, 9.17) is 5.73 Å². The van der Waals surface area contributed by atoms with E-state index < -0.39 is 11.9 Å². The zero-order chi connectivity index (χ0) is 12.0. The van der Waals surface area contributed by atoms with E-state index in [1.807, 2.05) is 0 Å². The van der Waals surface area contributed by atoms with Crippen LogP contribution >= 0.6 is 0 Å². The molecule has 0 saturated carbocycles. The number of amides is 1. The fourth-order valence-electron chi connectivity index (χ4n) is 1.15. The molecule has 7 nitrogen and oxygen atoms in total. The van der Waals surface area contributed by atoms with E-state index in [0.717, 1.165) is 12.8 Å². The van der Waals surface area contributed by atoms with Crippen molar-refractivity contribution in [3.63, 3.8) is 0 Å². The Balaban J connectivity index is 1.95. The molecule has 16 heavy (non-hydrogen) atoms. The molecule has 0 spiro atoms. The first-order valence-corrected chi connectivity index (χ1v) is 5.15. The summed E-state index contributed by atoms with van der Waals surface area (Å²) in [6, 6.07) is 0. The third-order valence-electron chi connectivity index (χ3n) is 2.26. The SMILES string of the molecule is CC1(C(=O)NCCCC[C@H](N)OC=O)N=N1. The van der Waals surface area contributed by atoms with Crippen LogP contribution in [0.1, 0.15) is 26.2 Å². The molecule has 3 N–H and O–H groups in total. The third kappa shape index (κ3) is 3.93. The van der Waals surface area contributed by atoms with Crippen LogP contribution in [0.4, 0.5) is 0 Å². The van der Waals surface area contributed by atoms with Crippen molar-refractivity contribution >= 4 is 12.4 Å². The van der Waals surface area contributed by atoms with Crippen molar-refractivity contribution in [2.75, 3.05) is 6.54 Å². The van der Waals surface area contributed by atoms with E-state index in [9.17, 15) is 9.59 Å². The molecule has 0 unspecified atom stereocenters. The van der Waals surface area contributed by atoms with Gasteiger partial charge in [0.15, 0.2) is 6.23 Å². The lowest BCUT2D eigenvalue weighted by molar-refractivity contribution is -0.133. The number of hydrogen-bond acceptors (Lipinski definition) is 6. The van der Waals surface area contributed by atoms with E-state index >= 15 is 0 Å². The molecular formula is C9H16N4O3. The molecule has 7 heteroatoms. The first-order valence-electron chi connectivity index (χ1n) is 5.15. The first-order chi connectivity index (χ1) is 7.58. The highest BCUT2D eigenvalue weighted by atomic mass is 16.5. The highest BCUT2D eigenvalue weighted by molar-refractivity contribution is 5.87. The number of carbonyl (C=O) groups is 2. The van der Waals surface area contributed by atoms with Gasteiger partial charge in [-0.25, -0.2) is 0 Å². The quantitative estimate of drug-likeness (QED) is 0.344. The molecule has 1 heterocycles. The zero-order valence-electron chi connectivity index (χ0n) is 9.18. The molecule has 0 aromatic carbocycles. The molecule has 1 aliphatic heterocycles. The fraction of sp³-hybridized carbons (Fsp3) is 0.778. The molecule has 90 valence electrons. The predicted molar refractivity (Wildman–Crippen MR) is 55.2 cm³/mol. The smallest absolute Gasteiger partial charge is 0.294 e. The highest BCUT2D eigenvalue weighted by Gasteiger charge is 2.42. The minimum Gasteiger partial charge on any atom is -0.449 e. The van der Waals surface area contributed by atoms with Crippen molar-refractivity contribution in [3.05, 3.63) is 0 Å². The molecule has 0 aromatic heterocycles. The molecule has 0 aliphatic carbocycles. The van der Waals surface area contributed by atoms with Crippen LogP contribution in [0.2, 0.25) is 0 Å². The van der Waals surface area contributed by atoms with Crippen LogP contribution in [0.15, 0.2) is 10.2 Å². The van der Waals surface area contributed by atoms with Gasteiger partial charge in [0.2, 0.25) is 0 Å². The first kappa shape index (κ1) is 12.6. The van der Waals surface area contributed by atoms with Gasteiger partial charge < -0.3 is 10.1 Å². The summed E-state index contributed by atoms with van der Waals surface area (Å²) in [4.78, 5) is 21.3. The van der Waals surface area contributed by atoms with Crippen molar-refractivity contribution in [2.45, 2.75) is 38.1 Å². The summed E-state index contributed by atoms with van der Waals surface area (Å²) in [5.41, 5.74) is 4.58. The van der Waals surface area contributed by atoms with Crippen LogP contribution < -0.4 is 11.1 Å². The lowest BCUT2D eigenvalue weighted by Crippen LogP contribution is -2.35. The molecular weight excluding hydrogens is 212 g/mol. The average molecular weight is 228 g/mol. The number of nitrogens with two attached hydrogens (primary N) is 1. The molecule has 0 fully saturated rings. The van der Waals surface area contributed by atoms with Crippen molar-refractivity contribution in [3.8, 4) is 0 Å². The highest BCUT2D eigenvalue weighted by Crippen LogP contribution is 2.26. The summed E-state index contributed by atoms with van der Waals surface area (Å²) in [5.74, 6) is -0.180. The Bertz CT molecular complexity index is 286. The molecule has 0 saturated heterocycles. The van der Waals surface area contributed by atoms with Crippen LogP contribution in [-0.2, 0) is 14.3 Å². The van der Waals surface area contributed by atoms with Gasteiger partial charge in [0, 0.05) is 6.54 Å². The Hall–Kier alpha value is -1.50. The number of nitrogens with zero attached hydrogens (tertiary/aromatic N) is 2. The molecule has 1 rings (SSSR count). The van der Waals surface area contributed by atoms with E-state index in [1.165, 1.54) is 0 Å². The second-order valence-electron chi connectivity index (χ2n) is 3.74. The third-order valence-corrected chi connectivity index (χ3v) is 2.26. The van der Waals surface area contributed by atoms with Gasteiger partial charge in [-0.3, -0.25) is 15.3 Å². The predicted octanol–water partition coefficient (Wildman–Crippen LogP) is -0.0873. The number of carbonyl (C=O) groups excluding carboxylic acids is 2. The minimum absolute atomic E-state index is 0.180. The topological polar surface area (TPSA) is 106 Å². The minimum atomic E-state index is -0.850. The van der Waals surface area contributed by atoms with Crippen molar-refractivity contribution in [1.29, 1.82) is 0 Å². The molecule has 1 atom stereocenters. The van der Waals surface area contributed by atoms with Gasteiger partial charge in [-0.05, 0) is 26.2 Å². The number of rotatable bonds is 8. The summed E-state index contributed by atoms with van der Waals surface area (Å²) in [6.45, 7) is 2.53. The number of nitrogens with one attached hydrogen (secondary N) is 1. The van der Waals surface area contributed by atoms with Crippen LogP contribution in [0.25, 0.3) is 0 Å². The lowest BCUT2D eigenvalue weighted by atomic mass is 10.2. The van der Waals surface area contributed by atoms with Crippen LogP contribution in [0.3, 0.4) is 0 Å². The Labute approximate surface area is 93.4 Å². The van der Waals surface area contributed by atoms with Gasteiger partial charge in [0.05, 0.1) is 0 Å². The summed E-state index contributed by atoms with van der Waals surface area (Å²) in [7, 11) is 0. The fourth-order valence-corrected chi connectivity index (χ4v) is 1.15. The van der Waals surface area contributed by atoms with Gasteiger partial charge in [0.1, 0.15) is 0 Å². The largest absolute Gasteiger partial charge is 0.449 e. The van der Waals surface area contributed by atoms with Crippen molar-refractivity contribution < 1.29 is 14.3 Å². The molecule has 0 radical (unpaired) electrons. The summed E-state index contributed by atoms with van der Waals surface area (Å²) in [6.07, 6.45) is 1.58. The second-order valence-corrected chi connectivity index (χ2v) is 3.74. The molecule has 0 aromatic rings. The summed E-state index contributed by atoms with van der Waals surface area (Å²) >= 11 is 0. The second kappa shape index (κ2) is 5.55. The van der Waals surface area contributed by atoms with Gasteiger partial charge in [-0.15, -0.1) is 10.2 Å². The average Bonchev–Trinajstić information content (AvgIpc) is 2.97. The van der Waals surface area contributed by atoms with Crippen molar-refractivity contribution in [2.24, 2.45) is 16.0 Å². The normalized spacial score (nSPS) is 17.6. The van der Waals surface area contributed by atoms with Gasteiger partial charge in [-0.2, -0.15) is 0 Å². The van der Waals surface area contributed by atoms with Crippen LogP contribution in [-0.4, -0.2) is 30.8 Å². The van der Waals surface area contributed by atoms with Gasteiger partial charge in [0.25, 0.3) is 18.0 Å². The van der Waals surface area contributed by atoms with Crippen LogP contribution in [0, 0.1) is 0 Å². The van der Waals surface area contributed by atoms with Crippen LogP contribution in [0.5, 0.6) is 0 Å². The zero-order valence-corrected chi connectivity index (χ0v) is 9.18. The maximum atomic E-state index is 11.3. The Kier molecular flexibility index (Phi) is 4.36. The Morgan fingerprint density at radius 1 is 1.56 bits per heavy atom. The standard InChI is InChI=1S/C9H16N4O3/c1-9(12-13-9)8(15)11-5-3-2-4-7(10)16-6-14/h6-7H,2-5,10H2,1H3,(H,11,15)/t7-/m1/s1. The Morgan fingerprint density at radius 2 is 2.25 bits per heavy atom.